The van der Waals surface area contributed by atoms with Crippen molar-refractivity contribution >= 4 is 29.7 Å². The van der Waals surface area contributed by atoms with Crippen LogP contribution < -0.4 is 0 Å². The Morgan fingerprint density at radius 3 is 1.44 bits per heavy atom. The molecule has 0 saturated heterocycles. The highest BCUT2D eigenvalue weighted by molar-refractivity contribution is 6.21. The van der Waals surface area contributed by atoms with Gasteiger partial charge in [-0.1, -0.05) is 30.3 Å². The monoisotopic (exact) mass is 450 g/mol. The lowest BCUT2D eigenvalue weighted by atomic mass is 9.88. The average Bonchev–Trinajstić information content (AvgIpc) is 2.76. The lowest BCUT2D eigenvalue weighted by Crippen LogP contribution is -2.23. The molecule has 0 amide bonds. The molecule has 0 fully saturated rings. The number of hydrogen-bond acceptors (Lipinski definition) is 8. The largest absolute Gasteiger partial charge is 0.478 e. The van der Waals surface area contributed by atoms with Gasteiger partial charge in [-0.3, -0.25) is 4.79 Å². The van der Waals surface area contributed by atoms with Crippen molar-refractivity contribution in [3.63, 3.8) is 0 Å². The third kappa shape index (κ3) is 5.95. The van der Waals surface area contributed by atoms with E-state index in [4.69, 9.17) is 15.3 Å². The zero-order chi connectivity index (χ0) is 24.6. The summed E-state index contributed by atoms with van der Waals surface area (Å²) in [5.74, 6) is -8.57. The number of aliphatic hydroxyl groups is 3. The van der Waals surface area contributed by atoms with Crippen LogP contribution >= 0.6 is 0 Å². The first-order valence-electron chi connectivity index (χ1n) is 8.61. The van der Waals surface area contributed by atoms with Gasteiger partial charge >= 0.3 is 23.9 Å². The number of carbonyl (C=O) groups excluding carboxylic acids is 1. The van der Waals surface area contributed by atoms with Gasteiger partial charge in [0.1, 0.15) is 6.10 Å². The molecule has 2 rings (SSSR count). The van der Waals surface area contributed by atoms with Gasteiger partial charge in [-0.25, -0.2) is 19.2 Å². The van der Waals surface area contributed by atoms with Crippen LogP contribution in [0.2, 0.25) is 0 Å². The van der Waals surface area contributed by atoms with Crippen molar-refractivity contribution in [3.8, 4) is 0 Å². The first-order valence-corrected chi connectivity index (χ1v) is 8.61. The summed E-state index contributed by atoms with van der Waals surface area (Å²) in [6.45, 7) is -0.729. The summed E-state index contributed by atoms with van der Waals surface area (Å²) in [6.07, 6.45) is -0.954. The van der Waals surface area contributed by atoms with Gasteiger partial charge < -0.3 is 35.7 Å². The molecule has 7 N–H and O–H groups in total. The predicted octanol–water partition coefficient (Wildman–Crippen LogP) is 0.0423. The minimum Gasteiger partial charge on any atom is -0.478 e. The number of aliphatic hydroxyl groups excluding tert-OH is 3. The third-order valence-corrected chi connectivity index (χ3v) is 3.90. The Bertz CT molecular complexity index is 1040. The normalized spacial score (nSPS) is 10.1. The summed E-state index contributed by atoms with van der Waals surface area (Å²) in [5.41, 5.74) is -5.33. The van der Waals surface area contributed by atoms with Crippen molar-refractivity contribution in [2.24, 2.45) is 0 Å². The second kappa shape index (κ2) is 11.3. The Hall–Kier alpha value is -4.13. The first-order chi connectivity index (χ1) is 15.0. The second-order valence-corrected chi connectivity index (χ2v) is 6.03. The van der Waals surface area contributed by atoms with Crippen molar-refractivity contribution in [3.05, 3.63) is 69.8 Å². The van der Waals surface area contributed by atoms with Crippen molar-refractivity contribution in [2.45, 2.75) is 6.10 Å². The van der Waals surface area contributed by atoms with E-state index in [1.54, 1.807) is 6.07 Å². The third-order valence-electron chi connectivity index (χ3n) is 3.90. The molecule has 12 heteroatoms. The molecule has 0 saturated carbocycles. The van der Waals surface area contributed by atoms with Crippen LogP contribution in [0.1, 0.15) is 57.4 Å². The Labute approximate surface area is 179 Å². The molecule has 170 valence electrons. The summed E-state index contributed by atoms with van der Waals surface area (Å²) >= 11 is 0. The summed E-state index contributed by atoms with van der Waals surface area (Å²) in [5, 5.41) is 61.1. The molecule has 0 aliphatic carbocycles. The van der Waals surface area contributed by atoms with Gasteiger partial charge in [0.05, 0.1) is 35.5 Å². The second-order valence-electron chi connectivity index (χ2n) is 6.03. The van der Waals surface area contributed by atoms with E-state index in [1.807, 2.05) is 0 Å². The van der Waals surface area contributed by atoms with Crippen LogP contribution in [-0.4, -0.2) is 84.7 Å². The van der Waals surface area contributed by atoms with Gasteiger partial charge in [0.2, 0.25) is 0 Å². The van der Waals surface area contributed by atoms with Crippen molar-refractivity contribution in [1.82, 2.24) is 0 Å². The minimum absolute atomic E-state index is 0.0225. The number of carboxylic acid groups (broad SMARTS) is 4. The molecule has 0 aliphatic rings. The lowest BCUT2D eigenvalue weighted by Gasteiger charge is -2.14. The molecule has 2 aromatic carbocycles. The molecular weight excluding hydrogens is 432 g/mol. The van der Waals surface area contributed by atoms with E-state index in [1.165, 1.54) is 24.3 Å². The fourth-order valence-corrected chi connectivity index (χ4v) is 2.49. The number of hydrogen-bond donors (Lipinski definition) is 7. The number of aromatic carboxylic acids is 4. The van der Waals surface area contributed by atoms with E-state index in [0.717, 1.165) is 0 Å². The summed E-state index contributed by atoms with van der Waals surface area (Å²) < 4.78 is 0. The predicted molar refractivity (Wildman–Crippen MR) is 104 cm³/mol. The van der Waals surface area contributed by atoms with Crippen LogP contribution in [0, 0.1) is 0 Å². The fourth-order valence-electron chi connectivity index (χ4n) is 2.49. The molecule has 0 unspecified atom stereocenters. The van der Waals surface area contributed by atoms with Crippen LogP contribution in [-0.2, 0) is 0 Å². The molecule has 0 atom stereocenters. The number of carbonyl (C=O) groups is 5. The van der Waals surface area contributed by atoms with E-state index < -0.39 is 63.6 Å². The number of ketones is 1. The van der Waals surface area contributed by atoms with E-state index >= 15 is 0 Å². The SMILES string of the molecule is O=C(O)c1cc(C(=O)c2ccccc2)c(C(=O)O)c(C(=O)O)c1C(=O)O.OCC(O)CO. The summed E-state index contributed by atoms with van der Waals surface area (Å²) in [4.78, 5) is 58.4. The van der Waals surface area contributed by atoms with Crippen molar-refractivity contribution < 1.29 is 59.7 Å². The van der Waals surface area contributed by atoms with Gasteiger partial charge in [0.15, 0.2) is 5.78 Å². The van der Waals surface area contributed by atoms with Gasteiger partial charge in [0.25, 0.3) is 0 Å². The maximum Gasteiger partial charge on any atom is 0.337 e. The molecule has 0 aliphatic heterocycles. The zero-order valence-corrected chi connectivity index (χ0v) is 16.1. The molecular formula is C20H18O12. The van der Waals surface area contributed by atoms with Crippen LogP contribution in [0.5, 0.6) is 0 Å². The number of rotatable bonds is 8. The molecule has 32 heavy (non-hydrogen) atoms. The average molecular weight is 450 g/mol. The lowest BCUT2D eigenvalue weighted by molar-refractivity contribution is 0.0450. The Morgan fingerprint density at radius 2 is 1.09 bits per heavy atom. The molecule has 0 aromatic heterocycles. The van der Waals surface area contributed by atoms with Crippen molar-refractivity contribution in [2.75, 3.05) is 13.2 Å². The topological polar surface area (TPSA) is 227 Å². The summed E-state index contributed by atoms with van der Waals surface area (Å²) in [7, 11) is 0. The Kier molecular flexibility index (Phi) is 9.16. The smallest absolute Gasteiger partial charge is 0.337 e. The van der Waals surface area contributed by atoms with E-state index in [9.17, 15) is 44.4 Å². The number of carboxylic acids is 4. The van der Waals surface area contributed by atoms with E-state index in [0.29, 0.717) is 6.07 Å². The van der Waals surface area contributed by atoms with E-state index in [2.05, 4.69) is 0 Å². The van der Waals surface area contributed by atoms with Gasteiger partial charge in [0, 0.05) is 11.1 Å². The van der Waals surface area contributed by atoms with Gasteiger partial charge in [-0.2, -0.15) is 0 Å². The highest BCUT2D eigenvalue weighted by Crippen LogP contribution is 2.27. The van der Waals surface area contributed by atoms with Crippen LogP contribution in [0.25, 0.3) is 0 Å². The maximum atomic E-state index is 12.6. The zero-order valence-electron chi connectivity index (χ0n) is 16.1. The van der Waals surface area contributed by atoms with Crippen LogP contribution in [0.4, 0.5) is 0 Å². The highest BCUT2D eigenvalue weighted by atomic mass is 16.4. The molecule has 2 aromatic rings. The van der Waals surface area contributed by atoms with E-state index in [-0.39, 0.29) is 18.8 Å². The molecule has 0 radical (unpaired) electrons. The highest BCUT2D eigenvalue weighted by Gasteiger charge is 2.34. The molecule has 12 nitrogen and oxygen atoms in total. The van der Waals surface area contributed by atoms with Gasteiger partial charge in [-0.05, 0) is 6.07 Å². The Morgan fingerprint density at radius 1 is 0.656 bits per heavy atom. The van der Waals surface area contributed by atoms with Gasteiger partial charge in [-0.15, -0.1) is 0 Å². The fraction of sp³-hybridized carbons (Fsp3) is 0.150. The first kappa shape index (κ1) is 25.9. The maximum absolute atomic E-state index is 12.6. The molecule has 0 heterocycles. The Balaban J connectivity index is 0.000000751. The van der Waals surface area contributed by atoms with Crippen LogP contribution in [0.3, 0.4) is 0 Å². The number of benzene rings is 2. The summed E-state index contributed by atoms with van der Waals surface area (Å²) in [6, 6.07) is 7.72. The molecule has 0 spiro atoms. The standard InChI is InChI=1S/C17H10O9.C3H8O3/c18-13(7-4-2-1-3-5-7)8-6-9(14(19)20)11(16(23)24)12(17(25)26)10(8)15(21)22;4-1-3(6)2-5/h1-6H,(H,19,20)(H,21,22)(H,23,24)(H,25,26);3-6H,1-2H2. The van der Waals surface area contributed by atoms with Crippen molar-refractivity contribution in [1.29, 1.82) is 0 Å². The van der Waals surface area contributed by atoms with Crippen LogP contribution in [0.15, 0.2) is 36.4 Å². The molecule has 0 bridgehead atoms. The quantitative estimate of drug-likeness (QED) is 0.265. The minimum atomic E-state index is -1.98.